The Balaban J connectivity index is 2.18. The summed E-state index contributed by atoms with van der Waals surface area (Å²) in [5.74, 6) is -1.02. The predicted octanol–water partition coefficient (Wildman–Crippen LogP) is 0.539. The van der Waals surface area contributed by atoms with Crippen molar-refractivity contribution in [3.63, 3.8) is 0 Å². The first-order valence-corrected chi connectivity index (χ1v) is 8.32. The number of carboxylic acid groups (broad SMARTS) is 1. The molecular weight excluding hydrogens is 270 g/mol. The lowest BCUT2D eigenvalue weighted by atomic mass is 9.74. The van der Waals surface area contributed by atoms with Crippen LogP contribution in [-0.2, 0) is 19.6 Å². The number of hydrogen-bond donors (Lipinski definition) is 1. The first-order chi connectivity index (χ1) is 8.92. The highest BCUT2D eigenvalue weighted by molar-refractivity contribution is 7.89. The van der Waals surface area contributed by atoms with E-state index in [0.29, 0.717) is 26.1 Å². The molecule has 2 atom stereocenters. The van der Waals surface area contributed by atoms with Crippen molar-refractivity contribution in [1.29, 1.82) is 0 Å². The number of carbonyl (C=O) groups is 1. The van der Waals surface area contributed by atoms with Crippen LogP contribution in [0.3, 0.4) is 0 Å². The average Bonchev–Trinajstić information content (AvgIpc) is 2.78. The Labute approximate surface area is 113 Å². The van der Waals surface area contributed by atoms with Gasteiger partial charge in [-0.2, -0.15) is 0 Å². The largest absolute Gasteiger partial charge is 0.481 e. The molecule has 1 N–H and O–H groups in total. The minimum absolute atomic E-state index is 0.0996. The first kappa shape index (κ1) is 14.7. The molecule has 2 heterocycles. The number of rotatable bonds is 5. The van der Waals surface area contributed by atoms with Gasteiger partial charge in [-0.05, 0) is 12.8 Å². The third-order valence-electron chi connectivity index (χ3n) is 4.25. The number of unbranched alkanes of at least 4 members (excludes halogenated alkanes) is 1. The molecule has 0 aliphatic carbocycles. The van der Waals surface area contributed by atoms with Gasteiger partial charge in [0.05, 0.1) is 17.8 Å². The van der Waals surface area contributed by atoms with Crippen LogP contribution in [-0.4, -0.2) is 55.9 Å². The highest BCUT2D eigenvalue weighted by Gasteiger charge is 2.56. The SMILES string of the molecule is CCCCS(=O)(=O)N1C[C@@H]2COCC[C@]2(C(=O)O)C1. The Bertz CT molecular complexity index is 449. The van der Waals surface area contributed by atoms with Crippen molar-refractivity contribution in [2.45, 2.75) is 26.2 Å². The topological polar surface area (TPSA) is 83.9 Å². The van der Waals surface area contributed by atoms with E-state index in [0.717, 1.165) is 6.42 Å². The molecule has 0 unspecified atom stereocenters. The van der Waals surface area contributed by atoms with Crippen molar-refractivity contribution in [3.8, 4) is 0 Å². The minimum Gasteiger partial charge on any atom is -0.481 e. The fourth-order valence-corrected chi connectivity index (χ4v) is 4.67. The van der Waals surface area contributed by atoms with E-state index in [1.54, 1.807) is 0 Å². The first-order valence-electron chi connectivity index (χ1n) is 6.71. The maximum Gasteiger partial charge on any atom is 0.311 e. The molecule has 0 aromatic heterocycles. The average molecular weight is 291 g/mol. The van der Waals surface area contributed by atoms with Gasteiger partial charge in [0.25, 0.3) is 0 Å². The Morgan fingerprint density at radius 1 is 1.53 bits per heavy atom. The molecule has 110 valence electrons. The van der Waals surface area contributed by atoms with Crippen molar-refractivity contribution in [1.82, 2.24) is 4.31 Å². The fourth-order valence-electron chi connectivity index (χ4n) is 2.92. The van der Waals surface area contributed by atoms with E-state index in [9.17, 15) is 18.3 Å². The van der Waals surface area contributed by atoms with Crippen LogP contribution in [0.25, 0.3) is 0 Å². The number of ether oxygens (including phenoxy) is 1. The third kappa shape index (κ3) is 2.64. The van der Waals surface area contributed by atoms with Gasteiger partial charge in [0.1, 0.15) is 0 Å². The summed E-state index contributed by atoms with van der Waals surface area (Å²) in [5, 5.41) is 9.48. The van der Waals surface area contributed by atoms with Crippen molar-refractivity contribution in [3.05, 3.63) is 0 Å². The van der Waals surface area contributed by atoms with Gasteiger partial charge in [-0.1, -0.05) is 13.3 Å². The van der Waals surface area contributed by atoms with Gasteiger partial charge >= 0.3 is 5.97 Å². The standard InChI is InChI=1S/C12H21NO5S/c1-2-3-6-19(16,17)13-7-10-8-18-5-4-12(10,9-13)11(14)15/h10H,2-9H2,1H3,(H,14,15)/t10-,12+/m1/s1. The zero-order valence-corrected chi connectivity index (χ0v) is 12.0. The molecule has 0 saturated carbocycles. The van der Waals surface area contributed by atoms with Crippen LogP contribution < -0.4 is 0 Å². The lowest BCUT2D eigenvalue weighted by Crippen LogP contribution is -2.45. The van der Waals surface area contributed by atoms with E-state index in [2.05, 4.69) is 0 Å². The summed E-state index contributed by atoms with van der Waals surface area (Å²) < 4.78 is 31.1. The maximum atomic E-state index is 12.2. The number of nitrogens with zero attached hydrogens (tertiary/aromatic N) is 1. The van der Waals surface area contributed by atoms with Crippen molar-refractivity contribution < 1.29 is 23.1 Å². The van der Waals surface area contributed by atoms with Crippen LogP contribution in [0.1, 0.15) is 26.2 Å². The number of sulfonamides is 1. The second-order valence-corrected chi connectivity index (χ2v) is 7.53. The minimum atomic E-state index is -3.34. The third-order valence-corrected chi connectivity index (χ3v) is 6.12. The van der Waals surface area contributed by atoms with Crippen LogP contribution >= 0.6 is 0 Å². The molecular formula is C12H21NO5S. The Kier molecular flexibility index (Phi) is 4.17. The van der Waals surface area contributed by atoms with Crippen LogP contribution in [0.2, 0.25) is 0 Å². The molecule has 2 fully saturated rings. The summed E-state index contributed by atoms with van der Waals surface area (Å²) in [5.41, 5.74) is -0.947. The van der Waals surface area contributed by atoms with E-state index in [-0.39, 0.29) is 24.8 Å². The molecule has 0 bridgehead atoms. The van der Waals surface area contributed by atoms with E-state index < -0.39 is 21.4 Å². The number of hydrogen-bond acceptors (Lipinski definition) is 4. The predicted molar refractivity (Wildman–Crippen MR) is 69.3 cm³/mol. The van der Waals surface area contributed by atoms with Gasteiger partial charge in [-0.25, -0.2) is 12.7 Å². The summed E-state index contributed by atoms with van der Waals surface area (Å²) >= 11 is 0. The lowest BCUT2D eigenvalue weighted by Gasteiger charge is -2.34. The summed E-state index contributed by atoms with van der Waals surface area (Å²) in [6.45, 7) is 3.05. The van der Waals surface area contributed by atoms with Gasteiger partial charge in [0.2, 0.25) is 10.0 Å². The Morgan fingerprint density at radius 2 is 2.26 bits per heavy atom. The van der Waals surface area contributed by atoms with E-state index >= 15 is 0 Å². The van der Waals surface area contributed by atoms with Gasteiger partial charge < -0.3 is 9.84 Å². The number of aliphatic carboxylic acids is 1. The fraction of sp³-hybridized carbons (Fsp3) is 0.917. The number of fused-ring (bicyclic) bond motifs is 1. The molecule has 19 heavy (non-hydrogen) atoms. The van der Waals surface area contributed by atoms with Crippen LogP contribution in [0.5, 0.6) is 0 Å². The van der Waals surface area contributed by atoms with Crippen LogP contribution in [0, 0.1) is 11.3 Å². The molecule has 6 nitrogen and oxygen atoms in total. The van der Waals surface area contributed by atoms with E-state index in [1.807, 2.05) is 6.92 Å². The molecule has 7 heteroatoms. The molecule has 0 aromatic carbocycles. The lowest BCUT2D eigenvalue weighted by molar-refractivity contribution is -0.157. The van der Waals surface area contributed by atoms with Gasteiger partial charge in [-0.15, -0.1) is 0 Å². The zero-order chi connectivity index (χ0) is 14.1. The van der Waals surface area contributed by atoms with Crippen molar-refractivity contribution in [2.24, 2.45) is 11.3 Å². The molecule has 2 aliphatic heterocycles. The Hall–Kier alpha value is -0.660. The molecule has 2 aliphatic rings. The summed E-state index contributed by atoms with van der Waals surface area (Å²) in [6.07, 6.45) is 1.82. The second-order valence-electron chi connectivity index (χ2n) is 5.45. The van der Waals surface area contributed by atoms with Gasteiger partial charge in [0.15, 0.2) is 0 Å². The molecule has 0 amide bonds. The molecule has 0 radical (unpaired) electrons. The van der Waals surface area contributed by atoms with Gasteiger partial charge in [0, 0.05) is 25.6 Å². The summed E-state index contributed by atoms with van der Waals surface area (Å²) in [6, 6.07) is 0. The van der Waals surface area contributed by atoms with Gasteiger partial charge in [-0.3, -0.25) is 4.79 Å². The van der Waals surface area contributed by atoms with E-state index in [1.165, 1.54) is 4.31 Å². The second kappa shape index (κ2) is 5.38. The van der Waals surface area contributed by atoms with Crippen molar-refractivity contribution in [2.75, 3.05) is 32.1 Å². The maximum absolute atomic E-state index is 12.2. The quantitative estimate of drug-likeness (QED) is 0.799. The Morgan fingerprint density at radius 3 is 2.84 bits per heavy atom. The summed E-state index contributed by atoms with van der Waals surface area (Å²) in [4.78, 5) is 11.6. The number of carboxylic acids is 1. The van der Waals surface area contributed by atoms with E-state index in [4.69, 9.17) is 4.74 Å². The normalized spacial score (nSPS) is 32.2. The monoisotopic (exact) mass is 291 g/mol. The summed E-state index contributed by atoms with van der Waals surface area (Å²) in [7, 11) is -3.34. The van der Waals surface area contributed by atoms with Crippen molar-refractivity contribution >= 4 is 16.0 Å². The molecule has 2 saturated heterocycles. The molecule has 0 aromatic rings. The highest BCUT2D eigenvalue weighted by Crippen LogP contribution is 2.43. The molecule has 0 spiro atoms. The zero-order valence-electron chi connectivity index (χ0n) is 11.2. The highest BCUT2D eigenvalue weighted by atomic mass is 32.2. The molecule has 2 rings (SSSR count). The smallest absolute Gasteiger partial charge is 0.311 e. The van der Waals surface area contributed by atoms with Crippen LogP contribution in [0.15, 0.2) is 0 Å². The van der Waals surface area contributed by atoms with Crippen LogP contribution in [0.4, 0.5) is 0 Å².